The van der Waals surface area contributed by atoms with E-state index in [9.17, 15) is 61.1 Å². The highest BCUT2D eigenvalue weighted by Gasteiger charge is 2.74. The lowest BCUT2D eigenvalue weighted by atomic mass is 10.3. The topological polar surface area (TPSA) is 52.6 Å². The Balaban J connectivity index is 3.35. The molecule has 0 atom stereocenters. The Labute approximate surface area is 156 Å². The summed E-state index contributed by atoms with van der Waals surface area (Å²) in [5.74, 6) is -10.0. The first kappa shape index (κ1) is 25.6. The Kier molecular flexibility index (Phi) is 6.80. The van der Waals surface area contributed by atoms with Crippen molar-refractivity contribution in [3.63, 3.8) is 0 Å². The first-order chi connectivity index (χ1) is 12.7. The lowest BCUT2D eigenvalue weighted by molar-refractivity contribution is -0.441. The lowest BCUT2D eigenvalue weighted by Crippen LogP contribution is -2.55. The minimum Gasteiger partial charge on any atom is -0.269 e. The van der Waals surface area contributed by atoms with E-state index < -0.39 is 78.8 Å². The Morgan fingerprint density at radius 3 is 1.62 bits per heavy atom. The first-order valence-corrected chi connectivity index (χ1v) is 8.50. The monoisotopic (exact) mass is 492 g/mol. The van der Waals surface area contributed by atoms with Crippen LogP contribution in [-0.4, -0.2) is 38.3 Å². The van der Waals surface area contributed by atoms with Gasteiger partial charge in [0.05, 0.1) is 12.0 Å². The number of alkyl halides is 8. The summed E-state index contributed by atoms with van der Waals surface area (Å²) in [5, 5.41) is -12.9. The maximum atomic E-state index is 13.6. The van der Waals surface area contributed by atoms with Crippen molar-refractivity contribution in [3.8, 4) is 0 Å². The van der Waals surface area contributed by atoms with Gasteiger partial charge in [-0.3, -0.25) is 4.18 Å². The molecule has 0 spiro atoms. The lowest BCUT2D eigenvalue weighted by Gasteiger charge is -2.31. The third-order valence-corrected chi connectivity index (χ3v) is 5.13. The molecule has 0 aliphatic heterocycles. The van der Waals surface area contributed by atoms with Gasteiger partial charge in [-0.15, -0.1) is 0 Å². The van der Waals surface area contributed by atoms with Crippen molar-refractivity contribution in [2.24, 2.45) is 0 Å². The van der Waals surface area contributed by atoms with Crippen LogP contribution in [0.4, 0.5) is 52.7 Å². The quantitative estimate of drug-likeness (QED) is 0.228. The predicted molar refractivity (Wildman–Crippen MR) is 68.9 cm³/mol. The Bertz CT molecular complexity index is 860. The zero-order valence-corrected chi connectivity index (χ0v) is 14.7. The minimum absolute atomic E-state index is 0.105. The maximum absolute atomic E-state index is 13.6. The van der Waals surface area contributed by atoms with E-state index in [1.807, 2.05) is 4.74 Å². The molecule has 4 nitrogen and oxygen atoms in total. The molecule has 0 radical (unpaired) electrons. The van der Waals surface area contributed by atoms with Gasteiger partial charge in [-0.05, 0) is 11.8 Å². The molecule has 1 aromatic carbocycles. The molecule has 0 aliphatic rings. The van der Waals surface area contributed by atoms with Gasteiger partial charge in [0.2, 0.25) is 0 Å². The van der Waals surface area contributed by atoms with E-state index in [0.717, 1.165) is 0 Å². The highest BCUT2D eigenvalue weighted by molar-refractivity contribution is 8.00. The molecule has 0 saturated carbocycles. The molecular formula is C11H4F12O4S2. The van der Waals surface area contributed by atoms with Gasteiger partial charge in [0.25, 0.3) is 0 Å². The molecule has 0 amide bonds. The molecule has 0 aliphatic carbocycles. The van der Waals surface area contributed by atoms with Crippen molar-refractivity contribution >= 4 is 21.9 Å². The van der Waals surface area contributed by atoms with E-state index in [1.54, 1.807) is 0 Å². The maximum Gasteiger partial charge on any atom is 0.460 e. The van der Waals surface area contributed by atoms with Crippen molar-refractivity contribution < 1.29 is 70.0 Å². The second-order valence-electron chi connectivity index (χ2n) is 4.69. The van der Waals surface area contributed by atoms with Gasteiger partial charge in [-0.25, -0.2) is 22.3 Å². The van der Waals surface area contributed by atoms with E-state index >= 15 is 0 Å². The van der Waals surface area contributed by atoms with Crippen LogP contribution in [0.15, 0.2) is 11.0 Å². The second-order valence-corrected chi connectivity index (χ2v) is 7.57. The van der Waals surface area contributed by atoms with E-state index in [1.165, 1.54) is 0 Å². The molecule has 1 aromatic rings. The van der Waals surface area contributed by atoms with Gasteiger partial charge in [0, 0.05) is 6.07 Å². The summed E-state index contributed by atoms with van der Waals surface area (Å²) in [6.45, 7) is 0. The zero-order chi connectivity index (χ0) is 23.2. The fourth-order valence-corrected chi connectivity index (χ4v) is 2.69. The first-order valence-electron chi connectivity index (χ1n) is 6.27. The summed E-state index contributed by atoms with van der Waals surface area (Å²) < 4.78 is 186. The molecule has 168 valence electrons. The highest BCUT2D eigenvalue weighted by Crippen LogP contribution is 2.53. The average molecular weight is 492 g/mol. The predicted octanol–water partition coefficient (Wildman–Crippen LogP) is 4.70. The van der Waals surface area contributed by atoms with Crippen LogP contribution in [0.25, 0.3) is 0 Å². The number of hydrogen-bond donors (Lipinski definition) is 0. The van der Waals surface area contributed by atoms with Crippen LogP contribution in [0.2, 0.25) is 0 Å². The summed E-state index contributed by atoms with van der Waals surface area (Å²) in [5.41, 5.74) is 0. The molecular weight excluding hydrogens is 488 g/mol. The Morgan fingerprint density at radius 1 is 0.828 bits per heavy atom. The fourth-order valence-electron chi connectivity index (χ4n) is 1.36. The smallest absolute Gasteiger partial charge is 0.269 e. The largest absolute Gasteiger partial charge is 0.460 e. The van der Waals surface area contributed by atoms with Crippen molar-refractivity contribution in [2.75, 3.05) is 7.11 Å². The number of benzene rings is 1. The molecule has 29 heavy (non-hydrogen) atoms. The fraction of sp³-hybridized carbons (Fsp3) is 0.455. The number of halogens is 12. The highest BCUT2D eigenvalue weighted by atomic mass is 32.2. The van der Waals surface area contributed by atoms with Crippen LogP contribution in [0.3, 0.4) is 0 Å². The molecule has 0 N–H and O–H groups in total. The van der Waals surface area contributed by atoms with Gasteiger partial charge in [-0.2, -0.15) is 43.5 Å². The molecule has 18 heteroatoms. The van der Waals surface area contributed by atoms with Crippen LogP contribution >= 0.6 is 11.8 Å². The molecule has 0 saturated heterocycles. The third kappa shape index (κ3) is 4.53. The molecule has 0 bridgehead atoms. The van der Waals surface area contributed by atoms with Crippen molar-refractivity contribution in [1.29, 1.82) is 0 Å². The molecule has 0 unspecified atom stereocenters. The summed E-state index contributed by atoms with van der Waals surface area (Å²) in [6.07, 6.45) is -13.6. The number of thioether (sulfide) groups is 1. The van der Waals surface area contributed by atoms with E-state index in [2.05, 4.69) is 4.18 Å². The van der Waals surface area contributed by atoms with Gasteiger partial charge < -0.3 is 0 Å². The van der Waals surface area contributed by atoms with Crippen LogP contribution < -0.4 is 0 Å². The van der Waals surface area contributed by atoms with Gasteiger partial charge >= 0.3 is 32.8 Å². The van der Waals surface area contributed by atoms with Crippen LogP contribution in [0.5, 0.6) is 0 Å². The van der Waals surface area contributed by atoms with Gasteiger partial charge in [0.1, 0.15) is 0 Å². The van der Waals surface area contributed by atoms with Crippen molar-refractivity contribution in [3.05, 3.63) is 29.3 Å². The molecule has 0 heterocycles. The van der Waals surface area contributed by atoms with Crippen molar-refractivity contribution in [1.82, 2.24) is 0 Å². The van der Waals surface area contributed by atoms with E-state index in [-0.39, 0.29) is 7.11 Å². The normalized spacial score (nSPS) is 14.4. The summed E-state index contributed by atoms with van der Waals surface area (Å²) >= 11 is -2.10. The Morgan fingerprint density at radius 2 is 1.24 bits per heavy atom. The van der Waals surface area contributed by atoms with Crippen LogP contribution in [-0.2, 0) is 19.0 Å². The second kappa shape index (κ2) is 7.69. The van der Waals surface area contributed by atoms with E-state index in [4.69, 9.17) is 0 Å². The molecule has 1 rings (SSSR count). The van der Waals surface area contributed by atoms with Crippen LogP contribution in [0, 0.1) is 23.3 Å². The SMILES string of the molecule is COS(=O)(=O)C(F)(F)C(F)(F)OC(F)(F)C(F)(F)Sc1c(F)c(F)cc(F)c1F. The van der Waals surface area contributed by atoms with Crippen molar-refractivity contribution in [2.45, 2.75) is 27.6 Å². The van der Waals surface area contributed by atoms with E-state index in [0.29, 0.717) is 0 Å². The number of hydrogen-bond acceptors (Lipinski definition) is 5. The molecule has 0 aromatic heterocycles. The summed E-state index contributed by atoms with van der Waals surface area (Å²) in [7, 11) is -6.77. The third-order valence-electron chi connectivity index (χ3n) is 2.77. The van der Waals surface area contributed by atoms with Gasteiger partial charge in [-0.1, -0.05) is 0 Å². The summed E-state index contributed by atoms with van der Waals surface area (Å²) in [4.78, 5) is -2.48. The Hall–Kier alpha value is -1.40. The van der Waals surface area contributed by atoms with Gasteiger partial charge in [0.15, 0.2) is 23.3 Å². The summed E-state index contributed by atoms with van der Waals surface area (Å²) in [6, 6.07) is -0.508. The average Bonchev–Trinajstić information content (AvgIpc) is 2.55. The van der Waals surface area contributed by atoms with Crippen LogP contribution in [0.1, 0.15) is 0 Å². The number of rotatable bonds is 8. The number of ether oxygens (including phenoxy) is 1. The minimum atomic E-state index is -6.88. The standard InChI is InChI=1S/C11H4F12O4S2/c1-26-29(24,25)11(22,23)9(18,19)27-8(16,17)10(20,21)28-7-5(14)3(12)2-4(13)6(7)15/h2H,1H3. The molecule has 0 fully saturated rings. The zero-order valence-electron chi connectivity index (χ0n) is 13.1.